The quantitative estimate of drug-likeness (QED) is 0.724. The maximum Gasteiger partial charge on any atom is 0.257 e. The lowest BCUT2D eigenvalue weighted by Crippen LogP contribution is -2.29. The summed E-state index contributed by atoms with van der Waals surface area (Å²) < 4.78 is 25.9. The first-order valence-corrected chi connectivity index (χ1v) is 4.84. The molecule has 16 heavy (non-hydrogen) atoms. The molecule has 0 N–H and O–H groups in total. The Balaban J connectivity index is 2.24. The lowest BCUT2D eigenvalue weighted by Gasteiger charge is -2.14. The Bertz CT molecular complexity index is 459. The van der Waals surface area contributed by atoms with Crippen LogP contribution in [0.4, 0.5) is 8.78 Å². The van der Waals surface area contributed by atoms with Gasteiger partial charge in [0.15, 0.2) is 5.78 Å². The van der Waals surface area contributed by atoms with Gasteiger partial charge in [-0.3, -0.25) is 9.59 Å². The number of Topliss-reactive ketones (excluding diaryl/α,β-unsaturated/α-hetero) is 1. The molecular weight excluding hydrogens is 216 g/mol. The van der Waals surface area contributed by atoms with E-state index in [1.807, 2.05) is 0 Å². The van der Waals surface area contributed by atoms with E-state index in [9.17, 15) is 18.4 Å². The highest BCUT2D eigenvalue weighted by atomic mass is 19.1. The third kappa shape index (κ3) is 1.93. The van der Waals surface area contributed by atoms with Gasteiger partial charge in [0.25, 0.3) is 5.91 Å². The van der Waals surface area contributed by atoms with E-state index in [1.54, 1.807) is 0 Å². The number of carbonyl (C=O) groups excluding carboxylic acids is 2. The fraction of sp³-hybridized carbons (Fsp3) is 0.273. The van der Waals surface area contributed by atoms with Crippen molar-refractivity contribution in [2.45, 2.75) is 6.42 Å². The molecule has 5 heteroatoms. The van der Waals surface area contributed by atoms with Crippen LogP contribution < -0.4 is 0 Å². The number of likely N-dealkylation sites (tertiary alicyclic amines) is 1. The van der Waals surface area contributed by atoms with E-state index < -0.39 is 17.5 Å². The van der Waals surface area contributed by atoms with Gasteiger partial charge >= 0.3 is 0 Å². The Kier molecular flexibility index (Phi) is 2.68. The molecular formula is C11H9F2NO2. The zero-order valence-corrected chi connectivity index (χ0v) is 8.37. The average molecular weight is 225 g/mol. The summed E-state index contributed by atoms with van der Waals surface area (Å²) in [6, 6.07) is 2.77. The highest BCUT2D eigenvalue weighted by molar-refractivity contribution is 5.98. The van der Waals surface area contributed by atoms with E-state index in [2.05, 4.69) is 0 Å². The van der Waals surface area contributed by atoms with Gasteiger partial charge in [-0.15, -0.1) is 0 Å². The predicted octanol–water partition coefficient (Wildman–Crippen LogP) is 1.38. The lowest BCUT2D eigenvalue weighted by molar-refractivity contribution is -0.116. The molecule has 1 aromatic rings. The van der Waals surface area contributed by atoms with E-state index in [-0.39, 0.29) is 17.9 Å². The number of benzene rings is 1. The molecule has 1 amide bonds. The van der Waals surface area contributed by atoms with Crippen LogP contribution in [0.5, 0.6) is 0 Å². The van der Waals surface area contributed by atoms with Crippen LogP contribution in [-0.4, -0.2) is 29.7 Å². The maximum atomic E-state index is 13.3. The molecule has 1 fully saturated rings. The van der Waals surface area contributed by atoms with Crippen molar-refractivity contribution in [3.63, 3.8) is 0 Å². The van der Waals surface area contributed by atoms with E-state index in [0.717, 1.165) is 12.1 Å². The zero-order valence-electron chi connectivity index (χ0n) is 8.37. The van der Waals surface area contributed by atoms with E-state index in [1.165, 1.54) is 4.90 Å². The third-order valence-corrected chi connectivity index (χ3v) is 2.48. The van der Waals surface area contributed by atoms with Gasteiger partial charge in [0.1, 0.15) is 11.6 Å². The highest BCUT2D eigenvalue weighted by Crippen LogP contribution is 2.15. The van der Waals surface area contributed by atoms with Crippen LogP contribution in [0.1, 0.15) is 16.8 Å². The molecule has 0 saturated carbocycles. The fourth-order valence-corrected chi connectivity index (χ4v) is 1.64. The molecule has 1 aliphatic rings. The molecule has 3 nitrogen and oxygen atoms in total. The van der Waals surface area contributed by atoms with Crippen LogP contribution in [0, 0.1) is 11.6 Å². The second-order valence-electron chi connectivity index (χ2n) is 3.64. The van der Waals surface area contributed by atoms with Gasteiger partial charge in [0, 0.05) is 19.0 Å². The molecule has 84 valence electrons. The fourth-order valence-electron chi connectivity index (χ4n) is 1.64. The van der Waals surface area contributed by atoms with Gasteiger partial charge in [0.05, 0.1) is 12.1 Å². The van der Waals surface area contributed by atoms with E-state index in [0.29, 0.717) is 19.0 Å². The summed E-state index contributed by atoms with van der Waals surface area (Å²) in [5.41, 5.74) is -0.198. The van der Waals surface area contributed by atoms with Crippen molar-refractivity contribution in [3.05, 3.63) is 35.4 Å². The SMILES string of the molecule is O=C1CCN(C(=O)c2ccc(F)cc2F)C1. The van der Waals surface area contributed by atoms with Gasteiger partial charge in [-0.25, -0.2) is 8.78 Å². The van der Waals surface area contributed by atoms with Gasteiger partial charge in [0.2, 0.25) is 0 Å². The van der Waals surface area contributed by atoms with Crippen molar-refractivity contribution in [1.82, 2.24) is 4.90 Å². The number of amides is 1. The van der Waals surface area contributed by atoms with E-state index in [4.69, 9.17) is 0 Å². The molecule has 0 aromatic heterocycles. The number of hydrogen-bond donors (Lipinski definition) is 0. The van der Waals surface area contributed by atoms with Crippen molar-refractivity contribution < 1.29 is 18.4 Å². The number of halogens is 2. The minimum atomic E-state index is -0.899. The van der Waals surface area contributed by atoms with Gasteiger partial charge in [-0.1, -0.05) is 0 Å². The van der Waals surface area contributed by atoms with Crippen LogP contribution >= 0.6 is 0 Å². The normalized spacial score (nSPS) is 15.6. The second kappa shape index (κ2) is 4.00. The summed E-state index contributed by atoms with van der Waals surface area (Å²) in [5, 5.41) is 0. The van der Waals surface area contributed by atoms with Crippen LogP contribution in [0.2, 0.25) is 0 Å². The molecule has 1 saturated heterocycles. The predicted molar refractivity (Wildman–Crippen MR) is 51.9 cm³/mol. The summed E-state index contributed by atoms with van der Waals surface area (Å²) in [7, 11) is 0. The smallest absolute Gasteiger partial charge is 0.257 e. The Morgan fingerprint density at radius 3 is 2.62 bits per heavy atom. The number of ketones is 1. The Labute approximate surface area is 90.7 Å². The largest absolute Gasteiger partial charge is 0.331 e. The Hall–Kier alpha value is -1.78. The monoisotopic (exact) mass is 225 g/mol. The van der Waals surface area contributed by atoms with Crippen molar-refractivity contribution in [2.24, 2.45) is 0 Å². The minimum absolute atomic E-state index is 0.00957. The first kappa shape index (κ1) is 10.7. The molecule has 0 unspecified atom stereocenters. The zero-order chi connectivity index (χ0) is 11.7. The standard InChI is InChI=1S/C11H9F2NO2/c12-7-1-2-9(10(13)5-7)11(16)14-4-3-8(15)6-14/h1-2,5H,3-4,6H2. The molecule has 0 aliphatic carbocycles. The van der Waals surface area contributed by atoms with Gasteiger partial charge in [-0.05, 0) is 12.1 Å². The summed E-state index contributed by atoms with van der Waals surface area (Å²) in [5.74, 6) is -2.24. The van der Waals surface area contributed by atoms with Crippen LogP contribution in [0.3, 0.4) is 0 Å². The molecule has 0 radical (unpaired) electrons. The minimum Gasteiger partial charge on any atom is -0.331 e. The molecule has 2 rings (SSSR count). The topological polar surface area (TPSA) is 37.4 Å². The van der Waals surface area contributed by atoms with Gasteiger partial charge in [-0.2, -0.15) is 0 Å². The maximum absolute atomic E-state index is 13.3. The summed E-state index contributed by atoms with van der Waals surface area (Å²) in [6.45, 7) is 0.310. The first-order valence-electron chi connectivity index (χ1n) is 4.84. The van der Waals surface area contributed by atoms with Crippen molar-refractivity contribution in [1.29, 1.82) is 0 Å². The molecule has 1 aliphatic heterocycles. The van der Waals surface area contributed by atoms with Crippen molar-refractivity contribution in [2.75, 3.05) is 13.1 Å². The van der Waals surface area contributed by atoms with Crippen LogP contribution in [0.15, 0.2) is 18.2 Å². The molecule has 0 atom stereocenters. The number of carbonyl (C=O) groups is 2. The summed E-state index contributed by atoms with van der Waals surface area (Å²) >= 11 is 0. The van der Waals surface area contributed by atoms with E-state index >= 15 is 0 Å². The number of rotatable bonds is 1. The summed E-state index contributed by atoms with van der Waals surface area (Å²) in [6.07, 6.45) is 0.300. The molecule has 1 heterocycles. The van der Waals surface area contributed by atoms with Crippen LogP contribution in [-0.2, 0) is 4.79 Å². The van der Waals surface area contributed by atoms with Crippen molar-refractivity contribution in [3.8, 4) is 0 Å². The van der Waals surface area contributed by atoms with Crippen LogP contribution in [0.25, 0.3) is 0 Å². The molecule has 1 aromatic carbocycles. The Morgan fingerprint density at radius 2 is 2.06 bits per heavy atom. The Morgan fingerprint density at radius 1 is 1.31 bits per heavy atom. The van der Waals surface area contributed by atoms with Crippen molar-refractivity contribution >= 4 is 11.7 Å². The lowest BCUT2D eigenvalue weighted by atomic mass is 10.2. The third-order valence-electron chi connectivity index (χ3n) is 2.48. The number of nitrogens with zero attached hydrogens (tertiary/aromatic N) is 1. The number of hydrogen-bond acceptors (Lipinski definition) is 2. The second-order valence-corrected chi connectivity index (χ2v) is 3.64. The molecule has 0 bridgehead atoms. The highest BCUT2D eigenvalue weighted by Gasteiger charge is 2.26. The first-order chi connectivity index (χ1) is 7.58. The average Bonchev–Trinajstić information content (AvgIpc) is 2.64. The van der Waals surface area contributed by atoms with Gasteiger partial charge < -0.3 is 4.90 Å². The summed E-state index contributed by atoms with van der Waals surface area (Å²) in [4.78, 5) is 24.0. The molecule has 0 spiro atoms.